The first kappa shape index (κ1) is 14.9. The Bertz CT molecular complexity index is 617. The molecule has 5 heteroatoms. The highest BCUT2D eigenvalue weighted by atomic mass is 79.9. The van der Waals surface area contributed by atoms with Gasteiger partial charge >= 0.3 is 0 Å². The number of hydrogen-bond acceptors (Lipinski definition) is 3. The molecule has 0 aliphatic heterocycles. The number of benzene rings is 1. The van der Waals surface area contributed by atoms with Crippen LogP contribution in [-0.2, 0) is 0 Å². The van der Waals surface area contributed by atoms with Crippen molar-refractivity contribution in [2.75, 3.05) is 0 Å². The summed E-state index contributed by atoms with van der Waals surface area (Å²) in [5, 5.41) is 3.95. The Balaban J connectivity index is 1.96. The summed E-state index contributed by atoms with van der Waals surface area (Å²) >= 11 is 4.93. The van der Waals surface area contributed by atoms with Crippen LogP contribution in [0.4, 0.5) is 0 Å². The third-order valence-corrected chi connectivity index (χ3v) is 4.35. The van der Waals surface area contributed by atoms with Crippen LogP contribution < -0.4 is 5.43 Å². The first-order valence-corrected chi connectivity index (χ1v) is 7.86. The molecule has 3 nitrogen and oxygen atoms in total. The lowest BCUT2D eigenvalue weighted by Crippen LogP contribution is -2.17. The smallest absolute Gasteiger partial charge is 0.267 e. The van der Waals surface area contributed by atoms with E-state index in [0.29, 0.717) is 11.5 Å². The molecular weight excluding hydrogens is 336 g/mol. The van der Waals surface area contributed by atoms with Crippen LogP contribution in [0.5, 0.6) is 0 Å². The average molecular weight is 351 g/mol. The predicted molar refractivity (Wildman–Crippen MR) is 87.6 cm³/mol. The normalized spacial score (nSPS) is 11.2. The molecule has 0 fully saturated rings. The Kier molecular flexibility index (Phi) is 5.09. The van der Waals surface area contributed by atoms with Gasteiger partial charge < -0.3 is 0 Å². The molecule has 0 atom stereocenters. The molecule has 0 saturated carbocycles. The molecule has 0 bridgehead atoms. The van der Waals surface area contributed by atoms with Gasteiger partial charge in [-0.05, 0) is 51.7 Å². The van der Waals surface area contributed by atoms with Crippen molar-refractivity contribution in [3.05, 3.63) is 56.2 Å². The van der Waals surface area contributed by atoms with Gasteiger partial charge in [0.05, 0.1) is 10.0 Å². The van der Waals surface area contributed by atoms with Crippen LogP contribution >= 0.6 is 27.3 Å². The molecule has 0 unspecified atom stereocenters. The maximum absolute atomic E-state index is 11.9. The van der Waals surface area contributed by atoms with Crippen molar-refractivity contribution in [1.29, 1.82) is 0 Å². The topological polar surface area (TPSA) is 41.5 Å². The Morgan fingerprint density at radius 1 is 1.25 bits per heavy atom. The van der Waals surface area contributed by atoms with Crippen LogP contribution in [0.3, 0.4) is 0 Å². The minimum absolute atomic E-state index is 0.202. The molecule has 2 rings (SSSR count). The van der Waals surface area contributed by atoms with Gasteiger partial charge in [0.25, 0.3) is 5.91 Å². The molecule has 0 saturated heterocycles. The number of hydrazone groups is 1. The molecule has 1 amide bonds. The molecule has 1 aromatic heterocycles. The Morgan fingerprint density at radius 3 is 2.50 bits per heavy atom. The number of nitrogens with one attached hydrogen (secondary N) is 1. The van der Waals surface area contributed by atoms with Gasteiger partial charge in [-0.2, -0.15) is 5.10 Å². The lowest BCUT2D eigenvalue weighted by Gasteiger charge is -2.05. The Labute approximate surface area is 130 Å². The minimum atomic E-state index is -0.202. The fourth-order valence-electron chi connectivity index (χ4n) is 1.64. The van der Waals surface area contributed by atoms with E-state index in [1.807, 2.05) is 36.4 Å². The predicted octanol–water partition coefficient (Wildman–Crippen LogP) is 4.40. The van der Waals surface area contributed by atoms with Crippen LogP contribution in [0.1, 0.15) is 40.6 Å². The van der Waals surface area contributed by atoms with E-state index in [0.717, 1.165) is 8.66 Å². The van der Waals surface area contributed by atoms with Crippen molar-refractivity contribution in [3.8, 4) is 0 Å². The third kappa shape index (κ3) is 4.02. The maximum atomic E-state index is 11.9. The summed E-state index contributed by atoms with van der Waals surface area (Å²) in [5.41, 5.74) is 4.35. The van der Waals surface area contributed by atoms with Crippen LogP contribution in [0.2, 0.25) is 0 Å². The zero-order chi connectivity index (χ0) is 14.5. The van der Waals surface area contributed by atoms with Gasteiger partial charge in [0.15, 0.2) is 0 Å². The van der Waals surface area contributed by atoms with E-state index in [1.54, 1.807) is 17.6 Å². The number of hydrogen-bond donors (Lipinski definition) is 1. The van der Waals surface area contributed by atoms with Gasteiger partial charge in [0, 0.05) is 10.4 Å². The van der Waals surface area contributed by atoms with E-state index in [1.165, 1.54) is 5.56 Å². The van der Waals surface area contributed by atoms with Crippen LogP contribution in [-0.4, -0.2) is 12.1 Å². The Morgan fingerprint density at radius 2 is 1.95 bits per heavy atom. The monoisotopic (exact) mass is 350 g/mol. The second kappa shape index (κ2) is 6.81. The van der Waals surface area contributed by atoms with Crippen molar-refractivity contribution >= 4 is 39.4 Å². The van der Waals surface area contributed by atoms with Gasteiger partial charge in [-0.3, -0.25) is 4.79 Å². The highest BCUT2D eigenvalue weighted by Crippen LogP contribution is 2.20. The number of thiophene rings is 1. The quantitative estimate of drug-likeness (QED) is 0.644. The van der Waals surface area contributed by atoms with E-state index >= 15 is 0 Å². The van der Waals surface area contributed by atoms with Crippen LogP contribution in [0, 0.1) is 0 Å². The molecule has 1 heterocycles. The SMILES string of the molecule is CC(C)c1ccc(C(=O)N/N=C/c2ccc(Br)s2)cc1. The zero-order valence-electron chi connectivity index (χ0n) is 11.3. The van der Waals surface area contributed by atoms with E-state index in [-0.39, 0.29) is 5.91 Å². The van der Waals surface area contributed by atoms with Crippen molar-refractivity contribution in [2.24, 2.45) is 5.10 Å². The molecule has 104 valence electrons. The van der Waals surface area contributed by atoms with E-state index in [2.05, 4.69) is 40.3 Å². The zero-order valence-corrected chi connectivity index (χ0v) is 13.7. The van der Waals surface area contributed by atoms with Gasteiger partial charge in [-0.25, -0.2) is 5.43 Å². The third-order valence-electron chi connectivity index (χ3n) is 2.79. The number of amides is 1. The van der Waals surface area contributed by atoms with Gasteiger partial charge in [-0.1, -0.05) is 26.0 Å². The summed E-state index contributed by atoms with van der Waals surface area (Å²) in [6, 6.07) is 11.5. The highest BCUT2D eigenvalue weighted by Gasteiger charge is 2.05. The first-order chi connectivity index (χ1) is 9.56. The van der Waals surface area contributed by atoms with Crippen molar-refractivity contribution < 1.29 is 4.79 Å². The molecule has 20 heavy (non-hydrogen) atoms. The lowest BCUT2D eigenvalue weighted by molar-refractivity contribution is 0.0955. The van der Waals surface area contributed by atoms with Gasteiger partial charge in [0.2, 0.25) is 0 Å². The Hall–Kier alpha value is -1.46. The molecular formula is C15H15BrN2OS. The highest BCUT2D eigenvalue weighted by molar-refractivity contribution is 9.11. The molecule has 0 radical (unpaired) electrons. The standard InChI is InChI=1S/C15H15BrN2OS/c1-10(2)11-3-5-12(6-4-11)15(19)18-17-9-13-7-8-14(16)20-13/h3-10H,1-2H3,(H,18,19)/b17-9+. The van der Waals surface area contributed by atoms with Crippen LogP contribution in [0.25, 0.3) is 0 Å². The van der Waals surface area contributed by atoms with Crippen molar-refractivity contribution in [2.45, 2.75) is 19.8 Å². The van der Waals surface area contributed by atoms with E-state index in [4.69, 9.17) is 0 Å². The lowest BCUT2D eigenvalue weighted by atomic mass is 10.0. The van der Waals surface area contributed by atoms with Gasteiger partial charge in [0.1, 0.15) is 0 Å². The summed E-state index contributed by atoms with van der Waals surface area (Å²) in [6.07, 6.45) is 1.63. The summed E-state index contributed by atoms with van der Waals surface area (Å²) in [6.45, 7) is 4.25. The minimum Gasteiger partial charge on any atom is -0.267 e. The summed E-state index contributed by atoms with van der Waals surface area (Å²) in [7, 11) is 0. The number of nitrogens with zero attached hydrogens (tertiary/aromatic N) is 1. The molecule has 1 N–H and O–H groups in total. The summed E-state index contributed by atoms with van der Waals surface area (Å²) in [5.74, 6) is 0.259. The van der Waals surface area contributed by atoms with Crippen molar-refractivity contribution in [1.82, 2.24) is 5.43 Å². The fourth-order valence-corrected chi connectivity index (χ4v) is 2.93. The van der Waals surface area contributed by atoms with E-state index in [9.17, 15) is 4.79 Å². The van der Waals surface area contributed by atoms with Gasteiger partial charge in [-0.15, -0.1) is 11.3 Å². The fraction of sp³-hybridized carbons (Fsp3) is 0.200. The summed E-state index contributed by atoms with van der Waals surface area (Å²) < 4.78 is 1.04. The second-order valence-corrected chi connectivity index (χ2v) is 7.11. The number of carbonyl (C=O) groups is 1. The average Bonchev–Trinajstić information content (AvgIpc) is 2.84. The molecule has 0 aliphatic carbocycles. The number of rotatable bonds is 4. The second-order valence-electron chi connectivity index (χ2n) is 4.62. The maximum Gasteiger partial charge on any atom is 0.271 e. The number of carbonyl (C=O) groups excluding carboxylic acids is 1. The molecule has 0 spiro atoms. The van der Waals surface area contributed by atoms with Crippen molar-refractivity contribution in [3.63, 3.8) is 0 Å². The number of halogens is 1. The molecule has 2 aromatic rings. The van der Waals surface area contributed by atoms with Crippen LogP contribution in [0.15, 0.2) is 45.3 Å². The molecule has 0 aliphatic rings. The largest absolute Gasteiger partial charge is 0.271 e. The molecule has 1 aromatic carbocycles. The summed E-state index contributed by atoms with van der Waals surface area (Å²) in [4.78, 5) is 12.9. The van der Waals surface area contributed by atoms with E-state index < -0.39 is 0 Å². The first-order valence-electron chi connectivity index (χ1n) is 6.25.